The fourth-order valence-electron chi connectivity index (χ4n) is 2.49. The van der Waals surface area contributed by atoms with E-state index in [4.69, 9.17) is 5.11 Å². The second-order valence-corrected chi connectivity index (χ2v) is 6.77. The van der Waals surface area contributed by atoms with Crippen LogP contribution >= 0.6 is 11.3 Å². The molecule has 2 amide bonds. The lowest BCUT2D eigenvalue weighted by Crippen LogP contribution is -2.40. The van der Waals surface area contributed by atoms with Crippen molar-refractivity contribution in [1.29, 1.82) is 0 Å². The van der Waals surface area contributed by atoms with Crippen LogP contribution in [-0.4, -0.2) is 35.1 Å². The molecule has 0 aromatic carbocycles. The van der Waals surface area contributed by atoms with Gasteiger partial charge in [-0.25, -0.2) is 4.79 Å². The summed E-state index contributed by atoms with van der Waals surface area (Å²) in [6.45, 7) is 6.63. The summed E-state index contributed by atoms with van der Waals surface area (Å²) in [4.78, 5) is 27.2. The lowest BCUT2D eigenvalue weighted by Gasteiger charge is -2.20. The summed E-state index contributed by atoms with van der Waals surface area (Å²) in [7, 11) is 0. The van der Waals surface area contributed by atoms with Gasteiger partial charge in [-0.2, -0.15) is 0 Å². The number of aryl methyl sites for hydroxylation is 1. The highest BCUT2D eigenvalue weighted by Gasteiger charge is 2.37. The van der Waals surface area contributed by atoms with Crippen LogP contribution in [-0.2, 0) is 4.79 Å². The van der Waals surface area contributed by atoms with Crippen LogP contribution in [0.25, 0.3) is 0 Å². The van der Waals surface area contributed by atoms with E-state index in [0.717, 1.165) is 4.88 Å². The molecule has 0 saturated carbocycles. The topological polar surface area (TPSA) is 69.6 Å². The van der Waals surface area contributed by atoms with Crippen LogP contribution in [0.1, 0.15) is 29.6 Å². The predicted molar refractivity (Wildman–Crippen MR) is 77.9 cm³/mol. The number of aliphatic carboxylic acids is 1. The summed E-state index contributed by atoms with van der Waals surface area (Å²) in [6.07, 6.45) is 0. The molecule has 0 aliphatic carbocycles. The SMILES string of the molecule is Cc1ccc(C(C)NC(=O)N2C[C@@H](C)[C@H](C(=O)O)C2)s1. The first kappa shape index (κ1) is 14.8. The number of amides is 2. The molecule has 20 heavy (non-hydrogen) atoms. The Hall–Kier alpha value is -1.56. The Morgan fingerprint density at radius 1 is 1.45 bits per heavy atom. The predicted octanol–water partition coefficient (Wildman–Crippen LogP) is 2.48. The normalized spacial score (nSPS) is 23.6. The third kappa shape index (κ3) is 3.12. The molecule has 1 aromatic rings. The molecule has 1 aliphatic heterocycles. The molecule has 0 spiro atoms. The third-order valence-corrected chi connectivity index (χ3v) is 4.93. The molecule has 1 fully saturated rings. The molecule has 1 unspecified atom stereocenters. The maximum Gasteiger partial charge on any atom is 0.317 e. The van der Waals surface area contributed by atoms with E-state index in [9.17, 15) is 9.59 Å². The largest absolute Gasteiger partial charge is 0.481 e. The highest BCUT2D eigenvalue weighted by atomic mass is 32.1. The number of carboxylic acids is 1. The van der Waals surface area contributed by atoms with E-state index in [1.165, 1.54) is 4.88 Å². The van der Waals surface area contributed by atoms with Crippen molar-refractivity contribution in [3.63, 3.8) is 0 Å². The second-order valence-electron chi connectivity index (χ2n) is 5.45. The van der Waals surface area contributed by atoms with Gasteiger partial charge in [0, 0.05) is 22.8 Å². The van der Waals surface area contributed by atoms with Crippen molar-refractivity contribution in [2.24, 2.45) is 11.8 Å². The van der Waals surface area contributed by atoms with E-state index in [1.54, 1.807) is 16.2 Å². The number of thiophene rings is 1. The van der Waals surface area contributed by atoms with Gasteiger partial charge in [0.2, 0.25) is 0 Å². The van der Waals surface area contributed by atoms with Gasteiger partial charge in [0.1, 0.15) is 0 Å². The summed E-state index contributed by atoms with van der Waals surface area (Å²) in [6, 6.07) is 3.80. The van der Waals surface area contributed by atoms with Crippen LogP contribution in [0.4, 0.5) is 4.79 Å². The zero-order chi connectivity index (χ0) is 14.9. The molecule has 3 atom stereocenters. The van der Waals surface area contributed by atoms with E-state index in [2.05, 4.69) is 5.32 Å². The van der Waals surface area contributed by atoms with Gasteiger partial charge in [-0.05, 0) is 31.9 Å². The monoisotopic (exact) mass is 296 g/mol. The van der Waals surface area contributed by atoms with Crippen molar-refractivity contribution >= 4 is 23.3 Å². The maximum absolute atomic E-state index is 12.2. The number of likely N-dealkylation sites (tertiary alicyclic amines) is 1. The first-order valence-corrected chi connectivity index (χ1v) is 7.54. The van der Waals surface area contributed by atoms with Crippen LogP contribution in [0, 0.1) is 18.8 Å². The fraction of sp³-hybridized carbons (Fsp3) is 0.571. The summed E-state index contributed by atoms with van der Waals surface area (Å²) in [5, 5.41) is 12.0. The van der Waals surface area contributed by atoms with Gasteiger partial charge in [-0.3, -0.25) is 4.79 Å². The number of hydrogen-bond donors (Lipinski definition) is 2. The Balaban J connectivity index is 1.94. The van der Waals surface area contributed by atoms with Crippen molar-refractivity contribution in [1.82, 2.24) is 10.2 Å². The number of rotatable bonds is 3. The maximum atomic E-state index is 12.2. The Morgan fingerprint density at radius 2 is 2.15 bits per heavy atom. The van der Waals surface area contributed by atoms with E-state index in [-0.39, 0.29) is 18.0 Å². The highest BCUT2D eigenvalue weighted by molar-refractivity contribution is 7.12. The molecule has 0 radical (unpaired) electrons. The number of carboxylic acid groups (broad SMARTS) is 1. The Bertz CT molecular complexity index is 514. The molecular weight excluding hydrogens is 276 g/mol. The third-order valence-electron chi connectivity index (χ3n) is 3.74. The van der Waals surface area contributed by atoms with Gasteiger partial charge in [0.25, 0.3) is 0 Å². The van der Waals surface area contributed by atoms with Crippen molar-refractivity contribution < 1.29 is 14.7 Å². The standard InChI is InChI=1S/C14H20N2O3S/c1-8-6-16(7-11(8)13(17)18)14(19)15-10(3)12-5-4-9(2)20-12/h4-5,8,10-11H,6-7H2,1-3H3,(H,15,19)(H,17,18)/t8-,10?,11-/m1/s1. The van der Waals surface area contributed by atoms with Crippen LogP contribution < -0.4 is 5.32 Å². The molecule has 2 N–H and O–H groups in total. The van der Waals surface area contributed by atoms with Gasteiger partial charge >= 0.3 is 12.0 Å². The molecule has 110 valence electrons. The lowest BCUT2D eigenvalue weighted by molar-refractivity contribution is -0.142. The number of urea groups is 1. The van der Waals surface area contributed by atoms with E-state index < -0.39 is 11.9 Å². The number of nitrogens with zero attached hydrogens (tertiary/aromatic N) is 1. The minimum atomic E-state index is -0.824. The van der Waals surface area contributed by atoms with Gasteiger partial charge in [-0.1, -0.05) is 6.92 Å². The van der Waals surface area contributed by atoms with Gasteiger partial charge in [0.05, 0.1) is 12.0 Å². The average molecular weight is 296 g/mol. The second kappa shape index (κ2) is 5.83. The van der Waals surface area contributed by atoms with Crippen LogP contribution in [0.3, 0.4) is 0 Å². The number of carbonyl (C=O) groups is 2. The fourth-order valence-corrected chi connectivity index (χ4v) is 3.37. The molecule has 6 heteroatoms. The Kier molecular flexibility index (Phi) is 4.32. The molecule has 1 aliphatic rings. The lowest BCUT2D eigenvalue weighted by atomic mass is 9.99. The summed E-state index contributed by atoms with van der Waals surface area (Å²) >= 11 is 1.66. The highest BCUT2D eigenvalue weighted by Crippen LogP contribution is 2.25. The quantitative estimate of drug-likeness (QED) is 0.900. The number of nitrogens with one attached hydrogen (secondary N) is 1. The molecular formula is C14H20N2O3S. The molecule has 5 nitrogen and oxygen atoms in total. The molecule has 2 rings (SSSR count). The number of hydrogen-bond acceptors (Lipinski definition) is 3. The van der Waals surface area contributed by atoms with E-state index in [1.807, 2.05) is 32.9 Å². The molecule has 2 heterocycles. The first-order valence-electron chi connectivity index (χ1n) is 6.73. The van der Waals surface area contributed by atoms with Crippen molar-refractivity contribution in [2.45, 2.75) is 26.8 Å². The van der Waals surface area contributed by atoms with Crippen LogP contribution in [0.5, 0.6) is 0 Å². The number of carbonyl (C=O) groups excluding carboxylic acids is 1. The van der Waals surface area contributed by atoms with Gasteiger partial charge < -0.3 is 15.3 Å². The van der Waals surface area contributed by atoms with Crippen molar-refractivity contribution in [3.8, 4) is 0 Å². The summed E-state index contributed by atoms with van der Waals surface area (Å²) in [5.74, 6) is -1.28. The first-order chi connectivity index (χ1) is 9.38. The molecule has 1 saturated heterocycles. The zero-order valence-corrected chi connectivity index (χ0v) is 12.7. The minimum absolute atomic E-state index is 0.00228. The van der Waals surface area contributed by atoms with E-state index >= 15 is 0 Å². The smallest absolute Gasteiger partial charge is 0.317 e. The zero-order valence-electron chi connectivity index (χ0n) is 11.9. The Morgan fingerprint density at radius 3 is 2.65 bits per heavy atom. The summed E-state index contributed by atoms with van der Waals surface area (Å²) < 4.78 is 0. The molecule has 0 bridgehead atoms. The van der Waals surface area contributed by atoms with E-state index in [0.29, 0.717) is 13.1 Å². The minimum Gasteiger partial charge on any atom is -0.481 e. The van der Waals surface area contributed by atoms with Crippen molar-refractivity contribution in [3.05, 3.63) is 21.9 Å². The van der Waals surface area contributed by atoms with Crippen LogP contribution in [0.2, 0.25) is 0 Å². The average Bonchev–Trinajstić information content (AvgIpc) is 2.95. The van der Waals surface area contributed by atoms with Gasteiger partial charge in [-0.15, -0.1) is 11.3 Å². The molecule has 1 aromatic heterocycles. The van der Waals surface area contributed by atoms with Crippen LogP contribution in [0.15, 0.2) is 12.1 Å². The Labute approximate surface area is 122 Å². The summed E-state index contributed by atoms with van der Waals surface area (Å²) in [5.41, 5.74) is 0. The van der Waals surface area contributed by atoms with Gasteiger partial charge in [0.15, 0.2) is 0 Å². The van der Waals surface area contributed by atoms with Crippen molar-refractivity contribution in [2.75, 3.05) is 13.1 Å².